The lowest BCUT2D eigenvalue weighted by Crippen LogP contribution is -2.19. The average Bonchev–Trinajstić information content (AvgIpc) is 2.78. The molecule has 108 valence electrons. The first-order valence-corrected chi connectivity index (χ1v) is 7.64. The number of aryl methyl sites for hydroxylation is 2. The van der Waals surface area contributed by atoms with Crippen molar-refractivity contribution >= 4 is 11.8 Å². The number of hydrogen-bond donors (Lipinski definition) is 1. The molecule has 0 saturated carbocycles. The maximum Gasteiger partial charge on any atom is 0.281 e. The highest BCUT2D eigenvalue weighted by Gasteiger charge is 2.09. The molecule has 0 bridgehead atoms. The summed E-state index contributed by atoms with van der Waals surface area (Å²) in [6, 6.07) is 6.43. The Morgan fingerprint density at radius 2 is 2.05 bits per heavy atom. The Labute approximate surface area is 124 Å². The molecule has 0 amide bonds. The van der Waals surface area contributed by atoms with Gasteiger partial charge in [0.05, 0.1) is 0 Å². The van der Waals surface area contributed by atoms with Crippen LogP contribution < -0.4 is 5.32 Å². The maximum atomic E-state index is 5.44. The zero-order chi connectivity index (χ0) is 14.5. The zero-order valence-electron chi connectivity index (χ0n) is 12.4. The normalized spacial score (nSPS) is 11.2. The second kappa shape index (κ2) is 6.90. The second-order valence-corrected chi connectivity index (χ2v) is 6.32. The molecule has 20 heavy (non-hydrogen) atoms. The van der Waals surface area contributed by atoms with Crippen LogP contribution in [0.4, 0.5) is 0 Å². The largest absolute Gasteiger partial charge is 0.416 e. The molecule has 4 nitrogen and oxygen atoms in total. The lowest BCUT2D eigenvalue weighted by molar-refractivity contribution is 0.429. The molecule has 0 aliphatic heterocycles. The fourth-order valence-corrected chi connectivity index (χ4v) is 2.69. The summed E-state index contributed by atoms with van der Waals surface area (Å²) >= 11 is 1.52. The van der Waals surface area contributed by atoms with E-state index < -0.39 is 0 Å². The monoisotopic (exact) mass is 291 g/mol. The molecule has 5 heteroatoms. The van der Waals surface area contributed by atoms with Crippen LogP contribution in [0.2, 0.25) is 0 Å². The van der Waals surface area contributed by atoms with Gasteiger partial charge in [-0.05, 0) is 42.8 Å². The predicted molar refractivity (Wildman–Crippen MR) is 80.9 cm³/mol. The second-order valence-electron chi connectivity index (χ2n) is 5.32. The molecule has 1 aromatic carbocycles. The van der Waals surface area contributed by atoms with Gasteiger partial charge in [-0.1, -0.05) is 31.5 Å². The Hall–Kier alpha value is -1.33. The first-order chi connectivity index (χ1) is 9.54. The van der Waals surface area contributed by atoms with Crippen LogP contribution >= 0.6 is 11.8 Å². The fourth-order valence-electron chi connectivity index (χ4n) is 1.86. The first-order valence-electron chi connectivity index (χ1n) is 6.83. The third kappa shape index (κ3) is 4.35. The van der Waals surface area contributed by atoms with Crippen molar-refractivity contribution in [2.75, 3.05) is 6.54 Å². The summed E-state index contributed by atoms with van der Waals surface area (Å²) in [6.07, 6.45) is 0. The lowest BCUT2D eigenvalue weighted by Gasteiger charge is -2.11. The number of aromatic nitrogens is 2. The van der Waals surface area contributed by atoms with Gasteiger partial charge in [0, 0.05) is 18.4 Å². The van der Waals surface area contributed by atoms with Crippen LogP contribution in [0.3, 0.4) is 0 Å². The molecule has 0 spiro atoms. The van der Waals surface area contributed by atoms with E-state index in [1.165, 1.54) is 22.9 Å². The highest BCUT2D eigenvalue weighted by Crippen LogP contribution is 2.30. The molecular weight excluding hydrogens is 270 g/mol. The molecule has 0 aliphatic rings. The summed E-state index contributed by atoms with van der Waals surface area (Å²) in [4.78, 5) is 1.16. The molecular formula is C15H21N3OS. The predicted octanol–water partition coefficient (Wildman–Crippen LogP) is 3.58. The van der Waals surface area contributed by atoms with Crippen molar-refractivity contribution in [3.05, 3.63) is 35.2 Å². The smallest absolute Gasteiger partial charge is 0.281 e. The van der Waals surface area contributed by atoms with Crippen molar-refractivity contribution < 1.29 is 4.42 Å². The minimum Gasteiger partial charge on any atom is -0.416 e. The number of hydrogen-bond acceptors (Lipinski definition) is 5. The summed E-state index contributed by atoms with van der Waals surface area (Å²) in [5.74, 6) is 1.24. The fraction of sp³-hybridized carbons (Fsp3) is 0.467. The van der Waals surface area contributed by atoms with Crippen LogP contribution in [0.25, 0.3) is 0 Å². The van der Waals surface area contributed by atoms with Crippen molar-refractivity contribution in [1.29, 1.82) is 0 Å². The van der Waals surface area contributed by atoms with Crippen LogP contribution in [-0.2, 0) is 6.54 Å². The number of nitrogens with one attached hydrogen (secondary N) is 1. The van der Waals surface area contributed by atoms with Gasteiger partial charge in [-0.2, -0.15) is 0 Å². The van der Waals surface area contributed by atoms with E-state index in [4.69, 9.17) is 4.42 Å². The summed E-state index contributed by atoms with van der Waals surface area (Å²) < 4.78 is 5.44. The van der Waals surface area contributed by atoms with Crippen LogP contribution in [0.15, 0.2) is 32.7 Å². The Morgan fingerprint density at radius 3 is 2.70 bits per heavy atom. The molecule has 0 atom stereocenters. The lowest BCUT2D eigenvalue weighted by atomic mass is 10.1. The molecule has 0 saturated heterocycles. The SMILES string of the molecule is Cc1ccc(Sc2nnc(C)o2)c(CNCC(C)C)c1. The van der Waals surface area contributed by atoms with Gasteiger partial charge < -0.3 is 9.73 Å². The Morgan fingerprint density at radius 1 is 1.25 bits per heavy atom. The summed E-state index contributed by atoms with van der Waals surface area (Å²) in [6.45, 7) is 10.2. The van der Waals surface area contributed by atoms with Crippen LogP contribution in [0.1, 0.15) is 30.9 Å². The van der Waals surface area contributed by atoms with Gasteiger partial charge in [0.1, 0.15) is 0 Å². The molecule has 1 aromatic heterocycles. The van der Waals surface area contributed by atoms with Crippen molar-refractivity contribution in [2.24, 2.45) is 5.92 Å². The minimum atomic E-state index is 0.594. The van der Waals surface area contributed by atoms with Gasteiger partial charge in [0.25, 0.3) is 5.22 Å². The number of rotatable bonds is 6. The van der Waals surface area contributed by atoms with Crippen molar-refractivity contribution in [2.45, 2.75) is 44.4 Å². The van der Waals surface area contributed by atoms with Crippen molar-refractivity contribution in [3.63, 3.8) is 0 Å². The Balaban J connectivity index is 2.10. The van der Waals surface area contributed by atoms with Gasteiger partial charge in [-0.15, -0.1) is 10.2 Å². The highest BCUT2D eigenvalue weighted by molar-refractivity contribution is 7.99. The minimum absolute atomic E-state index is 0.594. The van der Waals surface area contributed by atoms with E-state index in [1.807, 2.05) is 0 Å². The summed E-state index contributed by atoms with van der Waals surface area (Å²) in [7, 11) is 0. The van der Waals surface area contributed by atoms with E-state index in [0.717, 1.165) is 18.0 Å². The third-order valence-corrected chi connectivity index (χ3v) is 3.75. The van der Waals surface area contributed by atoms with E-state index in [-0.39, 0.29) is 0 Å². The Bertz CT molecular complexity index is 566. The average molecular weight is 291 g/mol. The quantitative estimate of drug-likeness (QED) is 0.881. The molecule has 0 fully saturated rings. The molecule has 2 aromatic rings. The molecule has 2 rings (SSSR count). The molecule has 1 N–H and O–H groups in total. The van der Waals surface area contributed by atoms with Gasteiger partial charge in [0.2, 0.25) is 5.89 Å². The van der Waals surface area contributed by atoms with E-state index >= 15 is 0 Å². The number of benzene rings is 1. The third-order valence-electron chi connectivity index (χ3n) is 2.79. The van der Waals surface area contributed by atoms with E-state index in [1.54, 1.807) is 6.92 Å². The highest BCUT2D eigenvalue weighted by atomic mass is 32.2. The van der Waals surface area contributed by atoms with E-state index in [9.17, 15) is 0 Å². The van der Waals surface area contributed by atoms with E-state index in [0.29, 0.717) is 17.0 Å². The summed E-state index contributed by atoms with van der Waals surface area (Å²) in [5.41, 5.74) is 2.53. The summed E-state index contributed by atoms with van der Waals surface area (Å²) in [5, 5.41) is 12.0. The standard InChI is InChI=1S/C15H21N3OS/c1-10(2)8-16-9-13-7-11(3)5-6-14(13)20-15-18-17-12(4)19-15/h5-7,10,16H,8-9H2,1-4H3. The molecule has 0 aliphatic carbocycles. The topological polar surface area (TPSA) is 51.0 Å². The van der Waals surface area contributed by atoms with Gasteiger partial charge >= 0.3 is 0 Å². The first kappa shape index (κ1) is 15.1. The van der Waals surface area contributed by atoms with Crippen LogP contribution in [-0.4, -0.2) is 16.7 Å². The molecule has 1 heterocycles. The van der Waals surface area contributed by atoms with Crippen LogP contribution in [0.5, 0.6) is 0 Å². The number of nitrogens with zero attached hydrogens (tertiary/aromatic N) is 2. The maximum absolute atomic E-state index is 5.44. The zero-order valence-corrected chi connectivity index (χ0v) is 13.3. The van der Waals surface area contributed by atoms with Gasteiger partial charge in [0.15, 0.2) is 0 Å². The molecule has 0 radical (unpaired) electrons. The Kier molecular flexibility index (Phi) is 5.20. The molecule has 0 unspecified atom stereocenters. The van der Waals surface area contributed by atoms with Gasteiger partial charge in [-0.25, -0.2) is 0 Å². The van der Waals surface area contributed by atoms with Crippen molar-refractivity contribution in [3.8, 4) is 0 Å². The van der Waals surface area contributed by atoms with E-state index in [2.05, 4.69) is 54.5 Å². The van der Waals surface area contributed by atoms with Crippen molar-refractivity contribution in [1.82, 2.24) is 15.5 Å². The van der Waals surface area contributed by atoms with Gasteiger partial charge in [-0.3, -0.25) is 0 Å². The van der Waals surface area contributed by atoms with Crippen LogP contribution in [0, 0.1) is 19.8 Å².